The Labute approximate surface area is 166 Å². The van der Waals surface area contributed by atoms with Gasteiger partial charge in [0.1, 0.15) is 17.2 Å². The van der Waals surface area contributed by atoms with Crippen molar-refractivity contribution in [1.29, 1.82) is 0 Å². The van der Waals surface area contributed by atoms with E-state index in [-0.39, 0.29) is 24.6 Å². The first kappa shape index (κ1) is 19.6. The van der Waals surface area contributed by atoms with Crippen LogP contribution in [-0.4, -0.2) is 36.2 Å². The summed E-state index contributed by atoms with van der Waals surface area (Å²) in [7, 11) is 3.10. The highest BCUT2D eigenvalue weighted by Gasteiger charge is 2.20. The smallest absolute Gasteiger partial charge is 0.352 e. The fourth-order valence-corrected chi connectivity index (χ4v) is 3.17. The molecule has 0 fully saturated rings. The van der Waals surface area contributed by atoms with Gasteiger partial charge in [-0.15, -0.1) is 0 Å². The van der Waals surface area contributed by atoms with Crippen molar-refractivity contribution in [2.24, 2.45) is 0 Å². The van der Waals surface area contributed by atoms with Crippen LogP contribution < -0.4 is 14.8 Å². The molecule has 0 aliphatic rings. The number of nitrogens with one attached hydrogen (secondary N) is 2. The molecule has 0 saturated heterocycles. The Hall–Kier alpha value is -3.19. The lowest BCUT2D eigenvalue weighted by molar-refractivity contribution is -0.120. The number of halogens is 1. The molecule has 1 amide bonds. The lowest BCUT2D eigenvalue weighted by Gasteiger charge is -2.11. The zero-order chi connectivity index (χ0) is 20.3. The maximum Gasteiger partial charge on any atom is 0.352 e. The lowest BCUT2D eigenvalue weighted by Crippen LogP contribution is -2.25. The molecule has 7 nitrogen and oxygen atoms in total. The fourth-order valence-electron chi connectivity index (χ4n) is 3.00. The lowest BCUT2D eigenvalue weighted by atomic mass is 10.1. The average Bonchev–Trinajstić information content (AvgIpc) is 3.04. The number of fused-ring (bicyclic) bond motifs is 1. The predicted octanol–water partition coefficient (Wildman–Crippen LogP) is 3.40. The highest BCUT2D eigenvalue weighted by Crippen LogP contribution is 2.27. The predicted molar refractivity (Wildman–Crippen MR) is 105 cm³/mol. The fraction of sp³-hybridized carbons (Fsp3) is 0.200. The minimum absolute atomic E-state index is 0.0190. The number of hydrogen-bond donors (Lipinski definition) is 3. The largest absolute Gasteiger partial charge is 0.497 e. The quantitative estimate of drug-likeness (QED) is 0.562. The van der Waals surface area contributed by atoms with E-state index in [1.807, 2.05) is 0 Å². The summed E-state index contributed by atoms with van der Waals surface area (Å²) in [5.74, 6) is -0.216. The second-order valence-electron chi connectivity index (χ2n) is 6.10. The van der Waals surface area contributed by atoms with Crippen molar-refractivity contribution in [3.8, 4) is 11.5 Å². The van der Waals surface area contributed by atoms with Crippen molar-refractivity contribution in [2.75, 3.05) is 14.2 Å². The van der Waals surface area contributed by atoms with Gasteiger partial charge in [0.25, 0.3) is 0 Å². The summed E-state index contributed by atoms with van der Waals surface area (Å²) in [6, 6.07) is 10.3. The molecule has 3 rings (SSSR count). The van der Waals surface area contributed by atoms with E-state index in [2.05, 4.69) is 10.3 Å². The molecule has 0 bridgehead atoms. The van der Waals surface area contributed by atoms with Gasteiger partial charge in [-0.1, -0.05) is 11.6 Å². The number of hydrogen-bond acceptors (Lipinski definition) is 4. The molecule has 0 saturated carbocycles. The van der Waals surface area contributed by atoms with Crippen LogP contribution in [0.5, 0.6) is 11.5 Å². The van der Waals surface area contributed by atoms with Crippen LogP contribution in [0.3, 0.4) is 0 Å². The third kappa shape index (κ3) is 4.04. The van der Waals surface area contributed by atoms with E-state index in [1.165, 1.54) is 7.11 Å². The molecule has 28 heavy (non-hydrogen) atoms. The standard InChI is InChI=1S/C20H19ClN2O5/c1-27-13-5-3-11(17(8-13)28-2)10-22-18(24)9-15-14-7-12(21)4-6-16(14)23-19(15)20(25)26/h3-8,23H,9-10H2,1-2H3,(H,22,24)(H,25,26). The maximum absolute atomic E-state index is 12.5. The first-order valence-corrected chi connectivity index (χ1v) is 8.81. The molecule has 3 N–H and O–H groups in total. The molecule has 3 aromatic rings. The monoisotopic (exact) mass is 402 g/mol. The van der Waals surface area contributed by atoms with Crippen molar-refractivity contribution in [1.82, 2.24) is 10.3 Å². The van der Waals surface area contributed by atoms with Crippen LogP contribution in [0.2, 0.25) is 5.02 Å². The maximum atomic E-state index is 12.5. The number of carbonyl (C=O) groups excluding carboxylic acids is 1. The average molecular weight is 403 g/mol. The number of rotatable bonds is 7. The van der Waals surface area contributed by atoms with Gasteiger partial charge < -0.3 is 24.9 Å². The number of carboxylic acids is 1. The first-order valence-electron chi connectivity index (χ1n) is 8.44. The summed E-state index contributed by atoms with van der Waals surface area (Å²) in [5.41, 5.74) is 1.76. The number of ether oxygens (including phenoxy) is 2. The molecule has 8 heteroatoms. The van der Waals surface area contributed by atoms with Crippen LogP contribution in [0, 0.1) is 0 Å². The molecule has 0 radical (unpaired) electrons. The van der Waals surface area contributed by atoms with E-state index in [1.54, 1.807) is 43.5 Å². The van der Waals surface area contributed by atoms with Gasteiger partial charge in [0.2, 0.25) is 5.91 Å². The second kappa shape index (κ2) is 8.22. The van der Waals surface area contributed by atoms with Gasteiger partial charge >= 0.3 is 5.97 Å². The zero-order valence-corrected chi connectivity index (χ0v) is 16.1. The number of H-pyrrole nitrogens is 1. The summed E-state index contributed by atoms with van der Waals surface area (Å²) < 4.78 is 10.5. The van der Waals surface area contributed by atoms with E-state index in [9.17, 15) is 14.7 Å². The molecule has 0 spiro atoms. The molecule has 146 valence electrons. The Bertz CT molecular complexity index is 1040. The summed E-state index contributed by atoms with van der Waals surface area (Å²) >= 11 is 6.03. The van der Waals surface area contributed by atoms with Gasteiger partial charge in [0.05, 0.1) is 20.6 Å². The molecule has 1 heterocycles. The number of carboxylic acid groups (broad SMARTS) is 1. The third-order valence-electron chi connectivity index (χ3n) is 4.39. The van der Waals surface area contributed by atoms with E-state index in [0.717, 1.165) is 5.56 Å². The minimum Gasteiger partial charge on any atom is -0.497 e. The summed E-state index contributed by atoms with van der Waals surface area (Å²) in [4.78, 5) is 26.9. The highest BCUT2D eigenvalue weighted by molar-refractivity contribution is 6.31. The van der Waals surface area contributed by atoms with E-state index < -0.39 is 5.97 Å². The number of carbonyl (C=O) groups is 2. The third-order valence-corrected chi connectivity index (χ3v) is 4.62. The zero-order valence-electron chi connectivity index (χ0n) is 15.3. The van der Waals surface area contributed by atoms with E-state index >= 15 is 0 Å². The Morgan fingerprint density at radius 3 is 2.61 bits per heavy atom. The number of benzene rings is 2. The molecule has 1 aromatic heterocycles. The van der Waals surface area contributed by atoms with E-state index in [4.69, 9.17) is 21.1 Å². The number of methoxy groups -OCH3 is 2. The SMILES string of the molecule is COc1ccc(CNC(=O)Cc2c(C(=O)O)[nH]c3ccc(Cl)cc23)c(OC)c1. The van der Waals surface area contributed by atoms with Crippen LogP contribution in [0.25, 0.3) is 10.9 Å². The van der Waals surface area contributed by atoms with Gasteiger partial charge in [-0.05, 0) is 30.3 Å². The van der Waals surface area contributed by atoms with Crippen LogP contribution in [0.15, 0.2) is 36.4 Å². The van der Waals surface area contributed by atoms with Gasteiger partial charge in [-0.3, -0.25) is 4.79 Å². The Morgan fingerprint density at radius 1 is 1.14 bits per heavy atom. The van der Waals surface area contributed by atoms with Gasteiger partial charge in [-0.2, -0.15) is 0 Å². The minimum atomic E-state index is -1.13. The number of aromatic carboxylic acids is 1. The van der Waals surface area contributed by atoms with Crippen LogP contribution in [-0.2, 0) is 17.8 Å². The first-order chi connectivity index (χ1) is 13.4. The van der Waals surface area contributed by atoms with E-state index in [0.29, 0.717) is 33.0 Å². The Morgan fingerprint density at radius 2 is 1.93 bits per heavy atom. The van der Waals surface area contributed by atoms with Gasteiger partial charge in [0.15, 0.2) is 0 Å². The van der Waals surface area contributed by atoms with Crippen molar-refractivity contribution in [2.45, 2.75) is 13.0 Å². The topological polar surface area (TPSA) is 101 Å². The molecule has 0 atom stereocenters. The van der Waals surface area contributed by atoms with Crippen LogP contribution >= 0.6 is 11.6 Å². The molecule has 0 aliphatic heterocycles. The molecule has 0 unspecified atom stereocenters. The number of amides is 1. The normalized spacial score (nSPS) is 10.7. The summed E-state index contributed by atoms with van der Waals surface area (Å²) in [5, 5.41) is 13.3. The number of aromatic nitrogens is 1. The molecular weight excluding hydrogens is 384 g/mol. The van der Waals surface area contributed by atoms with Crippen LogP contribution in [0.4, 0.5) is 0 Å². The molecular formula is C20H19ClN2O5. The molecule has 2 aromatic carbocycles. The van der Waals surface area contributed by atoms with Gasteiger partial charge in [0, 0.05) is 39.7 Å². The summed E-state index contributed by atoms with van der Waals surface area (Å²) in [6.07, 6.45) is -0.0968. The summed E-state index contributed by atoms with van der Waals surface area (Å²) in [6.45, 7) is 0.234. The van der Waals surface area contributed by atoms with Crippen LogP contribution in [0.1, 0.15) is 21.6 Å². The molecule has 0 aliphatic carbocycles. The Kier molecular flexibility index (Phi) is 5.75. The second-order valence-corrected chi connectivity index (χ2v) is 6.54. The Balaban J connectivity index is 1.79. The van der Waals surface area contributed by atoms with Crippen molar-refractivity contribution in [3.05, 3.63) is 58.2 Å². The van der Waals surface area contributed by atoms with Gasteiger partial charge in [-0.25, -0.2) is 4.79 Å². The van der Waals surface area contributed by atoms with Crippen molar-refractivity contribution in [3.63, 3.8) is 0 Å². The highest BCUT2D eigenvalue weighted by atomic mass is 35.5. The van der Waals surface area contributed by atoms with Crippen molar-refractivity contribution < 1.29 is 24.2 Å². The number of aromatic amines is 1. The van der Waals surface area contributed by atoms with Crippen molar-refractivity contribution >= 4 is 34.4 Å².